The summed E-state index contributed by atoms with van der Waals surface area (Å²) in [6.45, 7) is 0.896. The van der Waals surface area contributed by atoms with Gasteiger partial charge in [0.2, 0.25) is 0 Å². The zero-order valence-corrected chi connectivity index (χ0v) is 10.5. The standard InChI is InChI=1S/C12H21NO2S/c14-11(15)12(6-3-7-16-9-12)13-8-10-4-1-2-5-10/h10,13H,1-9H2,(H,14,15). The van der Waals surface area contributed by atoms with Gasteiger partial charge in [-0.1, -0.05) is 12.8 Å². The third-order valence-electron chi connectivity index (χ3n) is 3.85. The fourth-order valence-electron chi connectivity index (χ4n) is 2.73. The summed E-state index contributed by atoms with van der Waals surface area (Å²) in [6, 6.07) is 0. The fraction of sp³-hybridized carbons (Fsp3) is 0.917. The van der Waals surface area contributed by atoms with E-state index in [1.165, 1.54) is 25.7 Å². The Morgan fingerprint density at radius 1 is 1.38 bits per heavy atom. The lowest BCUT2D eigenvalue weighted by Crippen LogP contribution is -2.56. The van der Waals surface area contributed by atoms with Crippen LogP contribution in [0.1, 0.15) is 38.5 Å². The van der Waals surface area contributed by atoms with Crippen molar-refractivity contribution in [1.82, 2.24) is 5.32 Å². The fourth-order valence-corrected chi connectivity index (χ4v) is 3.94. The summed E-state index contributed by atoms with van der Waals surface area (Å²) in [4.78, 5) is 11.4. The molecule has 1 aliphatic carbocycles. The number of rotatable bonds is 4. The summed E-state index contributed by atoms with van der Waals surface area (Å²) in [5.41, 5.74) is -0.633. The molecule has 16 heavy (non-hydrogen) atoms. The molecule has 1 atom stereocenters. The van der Waals surface area contributed by atoms with Crippen LogP contribution in [0.3, 0.4) is 0 Å². The zero-order chi connectivity index (χ0) is 11.4. The summed E-state index contributed by atoms with van der Waals surface area (Å²) in [6.07, 6.45) is 7.00. The lowest BCUT2D eigenvalue weighted by atomic mass is 9.94. The number of aliphatic carboxylic acids is 1. The number of carbonyl (C=O) groups is 1. The molecule has 1 saturated carbocycles. The Balaban J connectivity index is 1.88. The van der Waals surface area contributed by atoms with Crippen molar-refractivity contribution in [3.8, 4) is 0 Å². The number of thioether (sulfide) groups is 1. The minimum absolute atomic E-state index is 0.633. The topological polar surface area (TPSA) is 49.3 Å². The van der Waals surface area contributed by atoms with Crippen molar-refractivity contribution in [2.45, 2.75) is 44.1 Å². The maximum Gasteiger partial charge on any atom is 0.324 e. The van der Waals surface area contributed by atoms with Crippen LogP contribution in [0.2, 0.25) is 0 Å². The number of carboxylic acids is 1. The minimum Gasteiger partial charge on any atom is -0.480 e. The van der Waals surface area contributed by atoms with Crippen LogP contribution in [-0.2, 0) is 4.79 Å². The Hall–Kier alpha value is -0.220. The van der Waals surface area contributed by atoms with Crippen LogP contribution < -0.4 is 5.32 Å². The first-order valence-electron chi connectivity index (χ1n) is 6.29. The molecule has 0 bridgehead atoms. The maximum absolute atomic E-state index is 11.4. The number of nitrogens with one attached hydrogen (secondary N) is 1. The quantitative estimate of drug-likeness (QED) is 0.794. The van der Waals surface area contributed by atoms with Crippen LogP contribution in [0, 0.1) is 5.92 Å². The van der Waals surface area contributed by atoms with Gasteiger partial charge >= 0.3 is 5.97 Å². The van der Waals surface area contributed by atoms with Crippen molar-refractivity contribution in [3.63, 3.8) is 0 Å². The molecule has 0 aromatic carbocycles. The van der Waals surface area contributed by atoms with E-state index in [0.717, 1.165) is 30.9 Å². The summed E-state index contributed by atoms with van der Waals surface area (Å²) in [7, 11) is 0. The molecule has 0 radical (unpaired) electrons. The lowest BCUT2D eigenvalue weighted by molar-refractivity contribution is -0.144. The second kappa shape index (κ2) is 5.41. The molecule has 2 rings (SSSR count). The molecule has 92 valence electrons. The normalized spacial score (nSPS) is 31.8. The van der Waals surface area contributed by atoms with Gasteiger partial charge in [-0.2, -0.15) is 11.8 Å². The highest BCUT2D eigenvalue weighted by molar-refractivity contribution is 7.99. The third-order valence-corrected chi connectivity index (χ3v) is 5.13. The summed E-state index contributed by atoms with van der Waals surface area (Å²) in [5.74, 6) is 1.90. The summed E-state index contributed by atoms with van der Waals surface area (Å²) < 4.78 is 0. The lowest BCUT2D eigenvalue weighted by Gasteiger charge is -2.34. The van der Waals surface area contributed by atoms with Crippen molar-refractivity contribution in [3.05, 3.63) is 0 Å². The van der Waals surface area contributed by atoms with Gasteiger partial charge in [-0.15, -0.1) is 0 Å². The summed E-state index contributed by atoms with van der Waals surface area (Å²) >= 11 is 1.77. The van der Waals surface area contributed by atoms with Crippen molar-refractivity contribution < 1.29 is 9.90 Å². The third kappa shape index (κ3) is 2.72. The molecule has 2 N–H and O–H groups in total. The van der Waals surface area contributed by atoms with Crippen molar-refractivity contribution >= 4 is 17.7 Å². The highest BCUT2D eigenvalue weighted by Gasteiger charge is 2.40. The minimum atomic E-state index is -0.655. The van der Waals surface area contributed by atoms with E-state index in [1.807, 2.05) is 0 Å². The molecule has 1 saturated heterocycles. The average Bonchev–Trinajstić information content (AvgIpc) is 2.80. The molecular formula is C12H21NO2S. The van der Waals surface area contributed by atoms with Crippen LogP contribution in [0.5, 0.6) is 0 Å². The van der Waals surface area contributed by atoms with Crippen LogP contribution in [0.25, 0.3) is 0 Å². The smallest absolute Gasteiger partial charge is 0.324 e. The Labute approximate surface area is 101 Å². The van der Waals surface area contributed by atoms with Gasteiger partial charge in [0.1, 0.15) is 5.54 Å². The van der Waals surface area contributed by atoms with Gasteiger partial charge in [0.05, 0.1) is 0 Å². The number of carboxylic acid groups (broad SMARTS) is 1. The largest absolute Gasteiger partial charge is 0.480 e. The van der Waals surface area contributed by atoms with E-state index in [2.05, 4.69) is 5.32 Å². The van der Waals surface area contributed by atoms with Crippen LogP contribution in [0.15, 0.2) is 0 Å². The SMILES string of the molecule is O=C(O)C1(NCC2CCCC2)CCCSC1. The van der Waals surface area contributed by atoms with E-state index < -0.39 is 11.5 Å². The van der Waals surface area contributed by atoms with E-state index >= 15 is 0 Å². The molecular weight excluding hydrogens is 222 g/mol. The van der Waals surface area contributed by atoms with Gasteiger partial charge in [0, 0.05) is 5.75 Å². The molecule has 1 heterocycles. The highest BCUT2D eigenvalue weighted by atomic mass is 32.2. The van der Waals surface area contributed by atoms with Gasteiger partial charge in [0.15, 0.2) is 0 Å². The molecule has 0 aromatic heterocycles. The molecule has 1 aliphatic heterocycles. The first-order chi connectivity index (χ1) is 7.73. The number of hydrogen-bond donors (Lipinski definition) is 2. The molecule has 2 fully saturated rings. The maximum atomic E-state index is 11.4. The number of hydrogen-bond acceptors (Lipinski definition) is 3. The van der Waals surface area contributed by atoms with Crippen LogP contribution in [-0.4, -0.2) is 34.7 Å². The molecule has 3 nitrogen and oxygen atoms in total. The predicted molar refractivity (Wildman–Crippen MR) is 66.9 cm³/mol. The van der Waals surface area contributed by atoms with Gasteiger partial charge in [-0.3, -0.25) is 4.79 Å². The molecule has 2 aliphatic rings. The Kier molecular flexibility index (Phi) is 4.14. The van der Waals surface area contributed by atoms with Gasteiger partial charge in [-0.25, -0.2) is 0 Å². The first-order valence-corrected chi connectivity index (χ1v) is 7.45. The zero-order valence-electron chi connectivity index (χ0n) is 9.71. The van der Waals surface area contributed by atoms with Crippen LogP contribution >= 0.6 is 11.8 Å². The first kappa shape index (κ1) is 12.2. The summed E-state index contributed by atoms with van der Waals surface area (Å²) in [5, 5.41) is 12.7. The van der Waals surface area contributed by atoms with E-state index in [0.29, 0.717) is 5.92 Å². The van der Waals surface area contributed by atoms with Crippen molar-refractivity contribution in [2.75, 3.05) is 18.1 Å². The van der Waals surface area contributed by atoms with E-state index in [9.17, 15) is 9.90 Å². The monoisotopic (exact) mass is 243 g/mol. The molecule has 0 amide bonds. The average molecular weight is 243 g/mol. The van der Waals surface area contributed by atoms with Crippen molar-refractivity contribution in [2.24, 2.45) is 5.92 Å². The molecule has 1 unspecified atom stereocenters. The second-order valence-corrected chi connectivity index (χ2v) is 6.18. The van der Waals surface area contributed by atoms with Gasteiger partial charge in [0.25, 0.3) is 0 Å². The Bertz CT molecular complexity index is 245. The van der Waals surface area contributed by atoms with E-state index in [-0.39, 0.29) is 0 Å². The van der Waals surface area contributed by atoms with Crippen molar-refractivity contribution in [1.29, 1.82) is 0 Å². The predicted octanol–water partition coefficient (Wildman–Crippen LogP) is 2.12. The van der Waals surface area contributed by atoms with Gasteiger partial charge in [-0.05, 0) is 43.9 Å². The molecule has 0 aromatic rings. The Morgan fingerprint density at radius 2 is 2.12 bits per heavy atom. The van der Waals surface area contributed by atoms with Gasteiger partial charge < -0.3 is 10.4 Å². The Morgan fingerprint density at radius 3 is 2.69 bits per heavy atom. The molecule has 0 spiro atoms. The second-order valence-electron chi connectivity index (χ2n) is 5.07. The van der Waals surface area contributed by atoms with Crippen LogP contribution in [0.4, 0.5) is 0 Å². The highest BCUT2D eigenvalue weighted by Crippen LogP contribution is 2.29. The van der Waals surface area contributed by atoms with E-state index in [4.69, 9.17) is 0 Å². The molecule has 4 heteroatoms. The van der Waals surface area contributed by atoms with E-state index in [1.54, 1.807) is 11.8 Å².